The highest BCUT2D eigenvalue weighted by atomic mass is 79.9. The average molecular weight is 540 g/mol. The van der Waals surface area contributed by atoms with Gasteiger partial charge in [0.2, 0.25) is 0 Å². The summed E-state index contributed by atoms with van der Waals surface area (Å²) in [4.78, 5) is 40.6. The van der Waals surface area contributed by atoms with E-state index in [2.05, 4.69) is 15.9 Å². The predicted molar refractivity (Wildman–Crippen MR) is 135 cm³/mol. The lowest BCUT2D eigenvalue weighted by Crippen LogP contribution is -2.29. The predicted octanol–water partition coefficient (Wildman–Crippen LogP) is 5.95. The monoisotopic (exact) mass is 539 g/mol. The maximum Gasteiger partial charge on any atom is 0.338 e. The summed E-state index contributed by atoms with van der Waals surface area (Å²) in [6.07, 6.45) is 0. The fraction of sp³-hybridized carbons (Fsp3) is 0.192. The molecule has 1 atom stereocenters. The summed E-state index contributed by atoms with van der Waals surface area (Å²) < 4.78 is 6.09. The van der Waals surface area contributed by atoms with Crippen molar-refractivity contribution < 1.29 is 24.2 Å². The zero-order chi connectivity index (χ0) is 24.4. The van der Waals surface area contributed by atoms with Crippen LogP contribution in [0.3, 0.4) is 0 Å². The molecule has 1 saturated heterocycles. The molecule has 2 heterocycles. The van der Waals surface area contributed by atoms with Crippen molar-refractivity contribution in [2.45, 2.75) is 19.9 Å². The first kappa shape index (κ1) is 23.9. The molecule has 1 aromatic heterocycles. The number of hydrogen-bond acceptors (Lipinski definition) is 6. The van der Waals surface area contributed by atoms with Gasteiger partial charge in [-0.1, -0.05) is 48.0 Å². The van der Waals surface area contributed by atoms with Crippen LogP contribution in [-0.4, -0.2) is 29.4 Å². The second kappa shape index (κ2) is 9.95. The minimum atomic E-state index is -0.789. The molecule has 2 aromatic carbocycles. The normalized spacial score (nSPS) is 17.4. The minimum Gasteiger partial charge on any atom is -0.507 e. The smallest absolute Gasteiger partial charge is 0.338 e. The molecule has 1 aliphatic heterocycles. The lowest BCUT2D eigenvalue weighted by Gasteiger charge is -2.24. The van der Waals surface area contributed by atoms with Crippen molar-refractivity contribution in [1.29, 1.82) is 0 Å². The second-order valence-electron chi connectivity index (χ2n) is 8.23. The van der Waals surface area contributed by atoms with E-state index in [1.165, 1.54) is 16.2 Å². The Labute approximate surface area is 209 Å². The van der Waals surface area contributed by atoms with E-state index >= 15 is 0 Å². The molecule has 0 aliphatic carbocycles. The van der Waals surface area contributed by atoms with Gasteiger partial charge in [-0.3, -0.25) is 14.5 Å². The molecule has 174 valence electrons. The van der Waals surface area contributed by atoms with Gasteiger partial charge in [0.15, 0.2) is 0 Å². The number of nitrogens with zero attached hydrogens (tertiary/aromatic N) is 1. The molecule has 34 heavy (non-hydrogen) atoms. The summed E-state index contributed by atoms with van der Waals surface area (Å²) in [7, 11) is 0. The fourth-order valence-electron chi connectivity index (χ4n) is 3.66. The number of ether oxygens (including phenoxy) is 1. The molecule has 1 N–H and O–H groups in total. The summed E-state index contributed by atoms with van der Waals surface area (Å²) in [6.45, 7) is 4.21. The summed E-state index contributed by atoms with van der Waals surface area (Å²) >= 11 is 4.74. The number of carbonyl (C=O) groups is 3. The number of aliphatic hydroxyl groups excluding tert-OH is 1. The van der Waals surface area contributed by atoms with Crippen LogP contribution in [0, 0.1) is 5.92 Å². The molecule has 1 fully saturated rings. The van der Waals surface area contributed by atoms with E-state index in [-0.39, 0.29) is 17.3 Å². The van der Waals surface area contributed by atoms with Crippen molar-refractivity contribution in [1.82, 2.24) is 0 Å². The van der Waals surface area contributed by atoms with Gasteiger partial charge in [0, 0.05) is 20.6 Å². The quantitative estimate of drug-likeness (QED) is 0.181. The lowest BCUT2D eigenvalue weighted by atomic mass is 9.99. The van der Waals surface area contributed by atoms with E-state index in [1.54, 1.807) is 48.5 Å². The Morgan fingerprint density at radius 3 is 2.29 bits per heavy atom. The van der Waals surface area contributed by atoms with Crippen LogP contribution < -0.4 is 4.90 Å². The van der Waals surface area contributed by atoms with Gasteiger partial charge in [-0.25, -0.2) is 4.79 Å². The number of anilines is 1. The summed E-state index contributed by atoms with van der Waals surface area (Å²) in [6, 6.07) is 16.1. The van der Waals surface area contributed by atoms with Crippen molar-refractivity contribution in [3.05, 3.63) is 92.1 Å². The maximum absolute atomic E-state index is 13.1. The first-order chi connectivity index (χ1) is 16.3. The molecule has 1 unspecified atom stereocenters. The zero-order valence-electron chi connectivity index (χ0n) is 18.5. The van der Waals surface area contributed by atoms with Crippen LogP contribution in [0.15, 0.2) is 76.1 Å². The third kappa shape index (κ3) is 4.69. The highest BCUT2D eigenvalue weighted by Gasteiger charge is 2.47. The van der Waals surface area contributed by atoms with Crippen LogP contribution in [0.2, 0.25) is 0 Å². The fourth-order valence-corrected chi connectivity index (χ4v) is 4.75. The van der Waals surface area contributed by atoms with Crippen LogP contribution >= 0.6 is 27.3 Å². The van der Waals surface area contributed by atoms with Crippen molar-refractivity contribution >= 4 is 56.4 Å². The Hall–Kier alpha value is -3.23. The van der Waals surface area contributed by atoms with Crippen molar-refractivity contribution in [3.8, 4) is 0 Å². The highest BCUT2D eigenvalue weighted by Crippen LogP contribution is 2.43. The van der Waals surface area contributed by atoms with E-state index in [1.807, 2.05) is 31.4 Å². The number of amides is 1. The molecule has 0 spiro atoms. The molecule has 4 rings (SSSR count). The van der Waals surface area contributed by atoms with E-state index in [0.717, 1.165) is 9.35 Å². The van der Waals surface area contributed by atoms with Gasteiger partial charge in [0.1, 0.15) is 11.8 Å². The average Bonchev–Trinajstić information content (AvgIpc) is 3.44. The van der Waals surface area contributed by atoms with Crippen LogP contribution in [0.25, 0.3) is 5.76 Å². The number of Topliss-reactive ketones (excluding diaryl/α,β-unsaturated/α-hetero) is 1. The Morgan fingerprint density at radius 2 is 1.71 bits per heavy atom. The van der Waals surface area contributed by atoms with E-state index in [9.17, 15) is 19.5 Å². The van der Waals surface area contributed by atoms with Crippen molar-refractivity contribution in [2.75, 3.05) is 11.5 Å². The first-order valence-electron chi connectivity index (χ1n) is 10.7. The minimum absolute atomic E-state index is 0.0233. The number of benzene rings is 2. The molecule has 0 saturated carbocycles. The molecule has 3 aromatic rings. The Bertz CT molecular complexity index is 1250. The first-order valence-corrected chi connectivity index (χ1v) is 12.3. The standard InChI is InChI=1S/C26H22BrNO5S/c1-15(2)14-33-26(32)17-7-11-19(12-8-17)28-22(20-4-3-13-34-20)21(24(30)25(28)31)23(29)16-5-9-18(27)10-6-16/h3-13,15,22,29H,14H2,1-2H3/b23-21-. The lowest BCUT2D eigenvalue weighted by molar-refractivity contribution is -0.132. The van der Waals surface area contributed by atoms with Gasteiger partial charge in [-0.05, 0) is 53.8 Å². The Morgan fingerprint density at radius 1 is 1.06 bits per heavy atom. The topological polar surface area (TPSA) is 83.9 Å². The molecule has 1 aliphatic rings. The maximum atomic E-state index is 13.1. The zero-order valence-corrected chi connectivity index (χ0v) is 20.9. The SMILES string of the molecule is CC(C)COC(=O)c1ccc(N2C(=O)C(=O)/C(=C(\O)c3ccc(Br)cc3)C2c2cccs2)cc1. The van der Waals surface area contributed by atoms with Gasteiger partial charge >= 0.3 is 5.97 Å². The van der Waals surface area contributed by atoms with Gasteiger partial charge in [-0.15, -0.1) is 11.3 Å². The van der Waals surface area contributed by atoms with E-state index in [0.29, 0.717) is 23.4 Å². The van der Waals surface area contributed by atoms with Crippen molar-refractivity contribution in [3.63, 3.8) is 0 Å². The second-order valence-corrected chi connectivity index (χ2v) is 10.1. The van der Waals surface area contributed by atoms with E-state index in [4.69, 9.17) is 4.74 Å². The van der Waals surface area contributed by atoms with Gasteiger partial charge in [0.25, 0.3) is 11.7 Å². The Kier molecular flexibility index (Phi) is 7.00. The van der Waals surface area contributed by atoms with Gasteiger partial charge < -0.3 is 9.84 Å². The van der Waals surface area contributed by atoms with Gasteiger partial charge in [-0.2, -0.15) is 0 Å². The summed E-state index contributed by atoms with van der Waals surface area (Å²) in [5.74, 6) is -1.98. The van der Waals surface area contributed by atoms with E-state index < -0.39 is 23.7 Å². The summed E-state index contributed by atoms with van der Waals surface area (Å²) in [5, 5.41) is 12.9. The Balaban J connectivity index is 1.74. The molecule has 6 nitrogen and oxygen atoms in total. The van der Waals surface area contributed by atoms with Crippen LogP contribution in [0.4, 0.5) is 5.69 Å². The van der Waals surface area contributed by atoms with Crippen LogP contribution in [0.1, 0.15) is 40.7 Å². The number of aliphatic hydroxyl groups is 1. The highest BCUT2D eigenvalue weighted by molar-refractivity contribution is 9.10. The van der Waals surface area contributed by atoms with Crippen LogP contribution in [0.5, 0.6) is 0 Å². The van der Waals surface area contributed by atoms with Crippen LogP contribution in [-0.2, 0) is 14.3 Å². The number of ketones is 1. The number of carbonyl (C=O) groups excluding carboxylic acids is 3. The number of rotatable bonds is 6. The molecule has 8 heteroatoms. The number of esters is 1. The third-order valence-electron chi connectivity index (χ3n) is 5.30. The molecule has 0 bridgehead atoms. The molecule has 1 amide bonds. The largest absolute Gasteiger partial charge is 0.507 e. The number of hydrogen-bond donors (Lipinski definition) is 1. The van der Waals surface area contributed by atoms with Gasteiger partial charge in [0.05, 0.1) is 17.7 Å². The summed E-state index contributed by atoms with van der Waals surface area (Å²) in [5.41, 5.74) is 1.25. The third-order valence-corrected chi connectivity index (χ3v) is 6.76. The molecule has 0 radical (unpaired) electrons. The molecular weight excluding hydrogens is 518 g/mol. The number of halogens is 1. The van der Waals surface area contributed by atoms with Crippen molar-refractivity contribution in [2.24, 2.45) is 5.92 Å². The molecular formula is C26H22BrNO5S. The number of thiophene rings is 1.